The summed E-state index contributed by atoms with van der Waals surface area (Å²) >= 11 is 5.11. The molecule has 2 aromatic carbocycles. The van der Waals surface area contributed by atoms with E-state index in [1.165, 1.54) is 10.4 Å². The van der Waals surface area contributed by atoms with E-state index in [4.69, 9.17) is 0 Å². The molecule has 0 fully saturated rings. The van der Waals surface area contributed by atoms with Gasteiger partial charge in [-0.15, -0.1) is 11.3 Å². The molecule has 3 nitrogen and oxygen atoms in total. The minimum Gasteiger partial charge on any atom is -0.298 e. The van der Waals surface area contributed by atoms with Gasteiger partial charge >= 0.3 is 0 Å². The molecule has 5 heteroatoms. The molecule has 4 aromatic rings. The molecule has 2 aromatic heterocycles. The van der Waals surface area contributed by atoms with Crippen molar-refractivity contribution in [2.24, 2.45) is 0 Å². The van der Waals surface area contributed by atoms with E-state index in [2.05, 4.69) is 52.1 Å². The van der Waals surface area contributed by atoms with Crippen LogP contribution in [-0.2, 0) is 19.4 Å². The minimum atomic E-state index is 0.0461. The van der Waals surface area contributed by atoms with Gasteiger partial charge in [0.05, 0.1) is 11.7 Å². The number of aromatic nitrogens is 2. The van der Waals surface area contributed by atoms with E-state index in [-0.39, 0.29) is 5.56 Å². The number of hydrogen-bond acceptors (Lipinski definition) is 3. The van der Waals surface area contributed by atoms with E-state index >= 15 is 0 Å². The molecular weight excluding hydrogens is 420 g/mol. The van der Waals surface area contributed by atoms with Gasteiger partial charge in [0, 0.05) is 21.5 Å². The lowest BCUT2D eigenvalue weighted by atomic mass is 10.0. The van der Waals surface area contributed by atoms with Crippen LogP contribution in [0.2, 0.25) is 0 Å². The third kappa shape index (κ3) is 3.62. The highest BCUT2D eigenvalue weighted by atomic mass is 79.9. The van der Waals surface area contributed by atoms with E-state index in [1.807, 2.05) is 30.3 Å². The summed E-state index contributed by atoms with van der Waals surface area (Å²) in [6, 6.07) is 18.4. The molecule has 0 saturated heterocycles. The fourth-order valence-corrected chi connectivity index (χ4v) is 4.65. The molecule has 0 amide bonds. The monoisotopic (exact) mass is 438 g/mol. The number of rotatable bonds is 5. The van der Waals surface area contributed by atoms with Crippen LogP contribution in [0.3, 0.4) is 0 Å². The maximum atomic E-state index is 13.3. The van der Waals surface area contributed by atoms with Gasteiger partial charge in [0.15, 0.2) is 0 Å². The summed E-state index contributed by atoms with van der Waals surface area (Å²) < 4.78 is 2.77. The molecule has 0 saturated carbocycles. The number of nitrogens with zero attached hydrogens (tertiary/aromatic N) is 2. The number of aryl methyl sites for hydroxylation is 3. The van der Waals surface area contributed by atoms with Crippen molar-refractivity contribution in [1.29, 1.82) is 0 Å². The van der Waals surface area contributed by atoms with Crippen molar-refractivity contribution >= 4 is 37.5 Å². The van der Waals surface area contributed by atoms with Gasteiger partial charge in [-0.25, -0.2) is 4.98 Å². The number of hydrogen-bond donors (Lipinski definition) is 0. The second-order valence-electron chi connectivity index (χ2n) is 6.42. The third-order valence-electron chi connectivity index (χ3n) is 4.69. The van der Waals surface area contributed by atoms with Crippen LogP contribution in [0, 0.1) is 0 Å². The highest BCUT2D eigenvalue weighted by Crippen LogP contribution is 2.36. The zero-order valence-electron chi connectivity index (χ0n) is 15.0. The molecular formula is C22H19BrN2OS. The largest absolute Gasteiger partial charge is 0.298 e. The lowest BCUT2D eigenvalue weighted by molar-refractivity contribution is 0.663. The second-order valence-corrected chi connectivity index (χ2v) is 8.42. The first-order valence-electron chi connectivity index (χ1n) is 8.98. The van der Waals surface area contributed by atoms with E-state index in [9.17, 15) is 4.79 Å². The Bertz CT molecular complexity index is 1130. The van der Waals surface area contributed by atoms with E-state index in [1.54, 1.807) is 22.2 Å². The lowest BCUT2D eigenvalue weighted by Gasteiger charge is -2.07. The standard InChI is InChI=1S/C22H19BrN2OS/c1-2-18-19(16-8-10-17(23)11-9-16)20-21(27-18)24-14-25(22(20)26)13-12-15-6-4-3-5-7-15/h3-11,14H,2,12-13H2,1H3. The van der Waals surface area contributed by atoms with Crippen LogP contribution in [0.4, 0.5) is 0 Å². The van der Waals surface area contributed by atoms with Crippen molar-refractivity contribution < 1.29 is 0 Å². The summed E-state index contributed by atoms with van der Waals surface area (Å²) in [5, 5.41) is 0.745. The Hall–Kier alpha value is -2.24. The Morgan fingerprint density at radius 3 is 2.52 bits per heavy atom. The van der Waals surface area contributed by atoms with Crippen molar-refractivity contribution in [3.8, 4) is 11.1 Å². The molecule has 0 N–H and O–H groups in total. The van der Waals surface area contributed by atoms with Crippen molar-refractivity contribution in [3.05, 3.63) is 86.2 Å². The van der Waals surface area contributed by atoms with Gasteiger partial charge in [0.1, 0.15) is 4.83 Å². The van der Waals surface area contributed by atoms with E-state index in [0.717, 1.165) is 38.7 Å². The van der Waals surface area contributed by atoms with Gasteiger partial charge in [-0.3, -0.25) is 9.36 Å². The van der Waals surface area contributed by atoms with Crippen LogP contribution in [0.15, 0.2) is 70.2 Å². The van der Waals surface area contributed by atoms with Gasteiger partial charge in [0.25, 0.3) is 5.56 Å². The summed E-state index contributed by atoms with van der Waals surface area (Å²) in [5.41, 5.74) is 3.37. The predicted molar refractivity (Wildman–Crippen MR) is 117 cm³/mol. The van der Waals surface area contributed by atoms with Gasteiger partial charge in [-0.05, 0) is 36.1 Å². The summed E-state index contributed by atoms with van der Waals surface area (Å²) in [7, 11) is 0. The molecule has 0 spiro atoms. The zero-order chi connectivity index (χ0) is 18.8. The molecule has 0 unspecified atom stereocenters. The molecule has 2 heterocycles. The summed E-state index contributed by atoms with van der Waals surface area (Å²) in [6.45, 7) is 2.75. The average Bonchev–Trinajstić information content (AvgIpc) is 3.08. The van der Waals surface area contributed by atoms with Crippen LogP contribution in [-0.4, -0.2) is 9.55 Å². The minimum absolute atomic E-state index is 0.0461. The first-order chi connectivity index (χ1) is 13.2. The highest BCUT2D eigenvalue weighted by Gasteiger charge is 2.18. The summed E-state index contributed by atoms with van der Waals surface area (Å²) in [4.78, 5) is 19.9. The Kier molecular flexibility index (Phi) is 5.23. The van der Waals surface area contributed by atoms with Crippen LogP contribution in [0.25, 0.3) is 21.3 Å². The molecule has 0 radical (unpaired) electrons. The molecule has 0 aliphatic rings. The number of fused-ring (bicyclic) bond motifs is 1. The third-order valence-corrected chi connectivity index (χ3v) is 6.46. The lowest BCUT2D eigenvalue weighted by Crippen LogP contribution is -2.21. The average molecular weight is 439 g/mol. The van der Waals surface area contributed by atoms with Crippen LogP contribution < -0.4 is 5.56 Å². The van der Waals surface area contributed by atoms with Crippen LogP contribution in [0.5, 0.6) is 0 Å². The molecule has 0 atom stereocenters. The second kappa shape index (κ2) is 7.79. The van der Waals surface area contributed by atoms with Crippen molar-refractivity contribution in [2.75, 3.05) is 0 Å². The maximum Gasteiger partial charge on any atom is 0.262 e. The number of benzene rings is 2. The Balaban J connectivity index is 1.80. The van der Waals surface area contributed by atoms with Crippen molar-refractivity contribution in [3.63, 3.8) is 0 Å². The zero-order valence-corrected chi connectivity index (χ0v) is 17.4. The van der Waals surface area contributed by atoms with E-state index in [0.29, 0.717) is 6.54 Å². The molecule has 4 rings (SSSR count). The topological polar surface area (TPSA) is 34.9 Å². The molecule has 136 valence electrons. The Labute approximate surface area is 170 Å². The summed E-state index contributed by atoms with van der Waals surface area (Å²) in [6.07, 6.45) is 3.39. The van der Waals surface area contributed by atoms with Gasteiger partial charge < -0.3 is 0 Å². The van der Waals surface area contributed by atoms with E-state index < -0.39 is 0 Å². The maximum absolute atomic E-state index is 13.3. The van der Waals surface area contributed by atoms with Crippen molar-refractivity contribution in [1.82, 2.24) is 9.55 Å². The molecule has 0 bridgehead atoms. The molecule has 0 aliphatic carbocycles. The molecule has 0 aliphatic heterocycles. The SMILES string of the molecule is CCc1sc2ncn(CCc3ccccc3)c(=O)c2c1-c1ccc(Br)cc1. The smallest absolute Gasteiger partial charge is 0.262 e. The normalized spacial score (nSPS) is 11.2. The van der Waals surface area contributed by atoms with Gasteiger partial charge in [-0.2, -0.15) is 0 Å². The Morgan fingerprint density at radius 1 is 1.07 bits per heavy atom. The first kappa shape index (κ1) is 18.1. The fourth-order valence-electron chi connectivity index (χ4n) is 3.30. The number of thiophene rings is 1. The molecule has 27 heavy (non-hydrogen) atoms. The Morgan fingerprint density at radius 2 is 1.81 bits per heavy atom. The summed E-state index contributed by atoms with van der Waals surface area (Å²) in [5.74, 6) is 0. The van der Waals surface area contributed by atoms with Crippen LogP contribution in [0.1, 0.15) is 17.4 Å². The van der Waals surface area contributed by atoms with Crippen LogP contribution >= 0.6 is 27.3 Å². The number of halogens is 1. The predicted octanol–water partition coefficient (Wildman–Crippen LogP) is 5.69. The highest BCUT2D eigenvalue weighted by molar-refractivity contribution is 9.10. The fraction of sp³-hybridized carbons (Fsp3) is 0.182. The van der Waals surface area contributed by atoms with Gasteiger partial charge in [-0.1, -0.05) is 65.3 Å². The van der Waals surface area contributed by atoms with Gasteiger partial charge in [0.2, 0.25) is 0 Å². The van der Waals surface area contributed by atoms with Crippen molar-refractivity contribution in [2.45, 2.75) is 26.3 Å². The first-order valence-corrected chi connectivity index (χ1v) is 10.6. The quantitative estimate of drug-likeness (QED) is 0.400.